The van der Waals surface area contributed by atoms with Gasteiger partial charge in [-0.2, -0.15) is 0 Å². The van der Waals surface area contributed by atoms with E-state index in [0.29, 0.717) is 5.92 Å². The van der Waals surface area contributed by atoms with E-state index in [-0.39, 0.29) is 10.5 Å². The SMILES string of the molecule is CC(C)c1cccc(SC(C)(C)C)c1[O]. The molecule has 1 aromatic rings. The molecule has 0 saturated heterocycles. The summed E-state index contributed by atoms with van der Waals surface area (Å²) in [5.41, 5.74) is 0.921. The third-order valence-electron chi connectivity index (χ3n) is 2.05. The Labute approximate surface area is 96.9 Å². The van der Waals surface area contributed by atoms with Crippen LogP contribution >= 0.6 is 11.8 Å². The Morgan fingerprint density at radius 1 is 1.20 bits per heavy atom. The maximum atomic E-state index is 12.1. The van der Waals surface area contributed by atoms with E-state index in [1.807, 2.05) is 18.2 Å². The number of hydrogen-bond donors (Lipinski definition) is 0. The number of hydrogen-bond acceptors (Lipinski definition) is 1. The van der Waals surface area contributed by atoms with Gasteiger partial charge in [0.2, 0.25) is 0 Å². The van der Waals surface area contributed by atoms with Crippen molar-refractivity contribution in [3.05, 3.63) is 23.8 Å². The van der Waals surface area contributed by atoms with Crippen LogP contribution in [0.2, 0.25) is 0 Å². The minimum absolute atomic E-state index is 0.0920. The van der Waals surface area contributed by atoms with Crippen LogP contribution in [0, 0.1) is 0 Å². The minimum atomic E-state index is 0.0920. The summed E-state index contributed by atoms with van der Waals surface area (Å²) in [7, 11) is 0. The van der Waals surface area contributed by atoms with E-state index in [0.717, 1.165) is 10.5 Å². The molecule has 2 heteroatoms. The van der Waals surface area contributed by atoms with Crippen molar-refractivity contribution in [2.45, 2.75) is 50.2 Å². The van der Waals surface area contributed by atoms with Gasteiger partial charge in [0.05, 0.1) is 4.90 Å². The first kappa shape index (κ1) is 12.4. The van der Waals surface area contributed by atoms with Crippen molar-refractivity contribution in [3.8, 4) is 5.75 Å². The summed E-state index contributed by atoms with van der Waals surface area (Å²) in [6.45, 7) is 10.5. The van der Waals surface area contributed by atoms with Gasteiger partial charge in [0.15, 0.2) is 5.75 Å². The second kappa shape index (κ2) is 4.48. The Morgan fingerprint density at radius 2 is 1.80 bits per heavy atom. The summed E-state index contributed by atoms with van der Waals surface area (Å²) in [6.07, 6.45) is 0. The topological polar surface area (TPSA) is 19.9 Å². The second-order valence-electron chi connectivity index (χ2n) is 5.04. The largest absolute Gasteiger partial charge is 0.288 e. The molecule has 0 aromatic heterocycles. The van der Waals surface area contributed by atoms with Crippen LogP contribution in [0.5, 0.6) is 5.75 Å². The molecule has 0 saturated carbocycles. The van der Waals surface area contributed by atoms with E-state index in [4.69, 9.17) is 0 Å². The summed E-state index contributed by atoms with van der Waals surface area (Å²) >= 11 is 1.65. The van der Waals surface area contributed by atoms with Crippen molar-refractivity contribution < 1.29 is 5.11 Å². The summed E-state index contributed by atoms with van der Waals surface area (Å²) in [6, 6.07) is 5.83. The van der Waals surface area contributed by atoms with Gasteiger partial charge in [-0.25, -0.2) is 0 Å². The molecule has 0 N–H and O–H groups in total. The molecule has 0 aliphatic carbocycles. The first-order chi connectivity index (χ1) is 6.81. The van der Waals surface area contributed by atoms with Crippen LogP contribution in [-0.2, 0) is 5.11 Å². The third-order valence-corrected chi connectivity index (χ3v) is 3.20. The van der Waals surface area contributed by atoms with Crippen LogP contribution in [0.4, 0.5) is 0 Å². The van der Waals surface area contributed by atoms with Crippen LogP contribution in [0.1, 0.15) is 46.1 Å². The highest BCUT2D eigenvalue weighted by Crippen LogP contribution is 2.41. The average Bonchev–Trinajstić information content (AvgIpc) is 2.05. The molecule has 0 bridgehead atoms. The van der Waals surface area contributed by atoms with Crippen molar-refractivity contribution >= 4 is 11.8 Å². The first-order valence-electron chi connectivity index (χ1n) is 5.30. The molecule has 0 heterocycles. The minimum Gasteiger partial charge on any atom is -0.288 e. The van der Waals surface area contributed by atoms with Gasteiger partial charge in [-0.3, -0.25) is 5.11 Å². The molecule has 15 heavy (non-hydrogen) atoms. The predicted octanol–water partition coefficient (Wildman–Crippen LogP) is 4.84. The molecule has 0 amide bonds. The monoisotopic (exact) mass is 223 g/mol. The predicted molar refractivity (Wildman–Crippen MR) is 66.3 cm³/mol. The lowest BCUT2D eigenvalue weighted by Crippen LogP contribution is -2.06. The molecule has 0 aliphatic heterocycles. The van der Waals surface area contributed by atoms with Crippen LogP contribution in [-0.4, -0.2) is 4.75 Å². The van der Waals surface area contributed by atoms with Crippen molar-refractivity contribution in [2.24, 2.45) is 0 Å². The quantitative estimate of drug-likeness (QED) is 0.656. The van der Waals surface area contributed by atoms with Crippen molar-refractivity contribution in [1.29, 1.82) is 0 Å². The molecule has 1 rings (SSSR count). The lowest BCUT2D eigenvalue weighted by atomic mass is 10.0. The average molecular weight is 223 g/mol. The van der Waals surface area contributed by atoms with Crippen molar-refractivity contribution in [3.63, 3.8) is 0 Å². The number of benzene rings is 1. The van der Waals surface area contributed by atoms with Gasteiger partial charge in [0.25, 0.3) is 0 Å². The molecule has 0 fully saturated rings. The lowest BCUT2D eigenvalue weighted by Gasteiger charge is -2.19. The molecule has 0 atom stereocenters. The standard InChI is InChI=1S/C13H19OS/c1-9(2)10-7-6-8-11(12(10)14)15-13(3,4)5/h6-9H,1-5H3. The third kappa shape index (κ3) is 3.45. The maximum Gasteiger partial charge on any atom is 0.195 e. The van der Waals surface area contributed by atoms with E-state index < -0.39 is 0 Å². The van der Waals surface area contributed by atoms with Gasteiger partial charge in [-0.05, 0) is 12.0 Å². The van der Waals surface area contributed by atoms with Gasteiger partial charge >= 0.3 is 0 Å². The Kier molecular flexibility index (Phi) is 3.72. The number of thioether (sulfide) groups is 1. The molecule has 0 spiro atoms. The molecule has 1 radical (unpaired) electrons. The summed E-state index contributed by atoms with van der Waals surface area (Å²) in [5.74, 6) is 0.505. The Balaban J connectivity index is 3.05. The molecular weight excluding hydrogens is 204 g/mol. The summed E-state index contributed by atoms with van der Waals surface area (Å²) < 4.78 is 0.0920. The Hall–Kier alpha value is -0.630. The highest BCUT2D eigenvalue weighted by atomic mass is 32.2. The summed E-state index contributed by atoms with van der Waals surface area (Å²) in [5, 5.41) is 12.1. The van der Waals surface area contributed by atoms with Gasteiger partial charge in [0.1, 0.15) is 0 Å². The van der Waals surface area contributed by atoms with E-state index in [1.54, 1.807) is 11.8 Å². The van der Waals surface area contributed by atoms with Crippen molar-refractivity contribution in [1.82, 2.24) is 0 Å². The zero-order chi connectivity index (χ0) is 11.6. The maximum absolute atomic E-state index is 12.1. The normalized spacial score (nSPS) is 12.1. The molecule has 1 aromatic carbocycles. The van der Waals surface area contributed by atoms with Crippen LogP contribution in [0.15, 0.2) is 23.1 Å². The van der Waals surface area contributed by atoms with Crippen LogP contribution in [0.3, 0.4) is 0 Å². The lowest BCUT2D eigenvalue weighted by molar-refractivity contribution is 0.337. The van der Waals surface area contributed by atoms with Gasteiger partial charge in [0, 0.05) is 10.3 Å². The number of para-hydroxylation sites is 1. The van der Waals surface area contributed by atoms with Crippen LogP contribution < -0.4 is 0 Å². The molecule has 0 aliphatic rings. The fourth-order valence-corrected chi connectivity index (χ4v) is 2.41. The van der Waals surface area contributed by atoms with E-state index in [1.165, 1.54) is 0 Å². The fourth-order valence-electron chi connectivity index (χ4n) is 1.40. The van der Waals surface area contributed by atoms with Crippen molar-refractivity contribution in [2.75, 3.05) is 0 Å². The van der Waals surface area contributed by atoms with Gasteiger partial charge in [-0.15, -0.1) is 11.8 Å². The Bertz CT molecular complexity index is 337. The molecular formula is C13H19OS. The fraction of sp³-hybridized carbons (Fsp3) is 0.538. The zero-order valence-electron chi connectivity index (χ0n) is 10.1. The van der Waals surface area contributed by atoms with E-state index >= 15 is 0 Å². The zero-order valence-corrected chi connectivity index (χ0v) is 10.9. The molecule has 1 nitrogen and oxygen atoms in total. The molecule has 0 unspecified atom stereocenters. The van der Waals surface area contributed by atoms with Gasteiger partial charge in [-0.1, -0.05) is 46.8 Å². The Morgan fingerprint density at radius 3 is 2.27 bits per heavy atom. The highest BCUT2D eigenvalue weighted by molar-refractivity contribution is 8.00. The first-order valence-corrected chi connectivity index (χ1v) is 6.12. The molecule has 83 valence electrons. The van der Waals surface area contributed by atoms with E-state index in [9.17, 15) is 5.11 Å². The number of rotatable bonds is 2. The summed E-state index contributed by atoms with van der Waals surface area (Å²) in [4.78, 5) is 0.869. The van der Waals surface area contributed by atoms with Gasteiger partial charge < -0.3 is 0 Å². The van der Waals surface area contributed by atoms with E-state index in [2.05, 4.69) is 34.6 Å². The highest BCUT2D eigenvalue weighted by Gasteiger charge is 2.18. The smallest absolute Gasteiger partial charge is 0.195 e. The second-order valence-corrected chi connectivity index (χ2v) is 6.91. The van der Waals surface area contributed by atoms with Crippen LogP contribution in [0.25, 0.3) is 0 Å².